The van der Waals surface area contributed by atoms with Crippen molar-refractivity contribution >= 4 is 22.5 Å². The first-order valence-corrected chi connectivity index (χ1v) is 9.86. The molecule has 1 atom stereocenters. The second-order valence-corrected chi connectivity index (χ2v) is 7.10. The van der Waals surface area contributed by atoms with Crippen LogP contribution in [-0.4, -0.2) is 24.0 Å². The number of H-pyrrole nitrogens is 1. The van der Waals surface area contributed by atoms with E-state index >= 15 is 0 Å². The molecular weight excluding hydrogens is 372 g/mol. The van der Waals surface area contributed by atoms with Gasteiger partial charge < -0.3 is 15.6 Å². The van der Waals surface area contributed by atoms with Gasteiger partial charge in [-0.3, -0.25) is 4.79 Å². The van der Waals surface area contributed by atoms with Crippen molar-refractivity contribution in [2.45, 2.75) is 5.92 Å². The van der Waals surface area contributed by atoms with Gasteiger partial charge in [0.1, 0.15) is 0 Å². The van der Waals surface area contributed by atoms with Gasteiger partial charge in [0.05, 0.1) is 18.2 Å². The Bertz CT molecular complexity index is 1170. The molecule has 1 amide bonds. The fraction of sp³-hybridized carbons (Fsp3) is 0.120. The highest BCUT2D eigenvalue weighted by atomic mass is 16.1. The lowest BCUT2D eigenvalue weighted by atomic mass is 9.91. The molecule has 1 unspecified atom stereocenters. The summed E-state index contributed by atoms with van der Waals surface area (Å²) in [5.74, 6) is -0.0404. The molecule has 0 aliphatic heterocycles. The van der Waals surface area contributed by atoms with Crippen molar-refractivity contribution < 1.29 is 4.79 Å². The van der Waals surface area contributed by atoms with Gasteiger partial charge >= 0.3 is 0 Å². The number of para-hydroxylation sites is 1. The quantitative estimate of drug-likeness (QED) is 0.435. The second-order valence-electron chi connectivity index (χ2n) is 7.10. The van der Waals surface area contributed by atoms with Crippen LogP contribution in [0, 0.1) is 11.3 Å². The summed E-state index contributed by atoms with van der Waals surface area (Å²) in [6.07, 6.45) is 2.03. The monoisotopic (exact) mass is 394 g/mol. The van der Waals surface area contributed by atoms with E-state index in [0.29, 0.717) is 12.1 Å². The number of fused-ring (bicyclic) bond motifs is 1. The van der Waals surface area contributed by atoms with Crippen molar-refractivity contribution in [2.75, 3.05) is 18.4 Å². The number of amides is 1. The van der Waals surface area contributed by atoms with Gasteiger partial charge in [0.25, 0.3) is 0 Å². The fourth-order valence-corrected chi connectivity index (χ4v) is 3.60. The summed E-state index contributed by atoms with van der Waals surface area (Å²) in [4.78, 5) is 15.8. The number of nitrogens with one attached hydrogen (secondary N) is 3. The number of hydrogen-bond acceptors (Lipinski definition) is 3. The van der Waals surface area contributed by atoms with Crippen LogP contribution in [0.1, 0.15) is 22.6 Å². The van der Waals surface area contributed by atoms with Crippen LogP contribution in [0.25, 0.3) is 10.9 Å². The van der Waals surface area contributed by atoms with E-state index in [1.165, 1.54) is 0 Å². The topological polar surface area (TPSA) is 80.7 Å². The molecule has 0 aliphatic rings. The number of benzene rings is 3. The first kappa shape index (κ1) is 19.3. The standard InChI is InChI=1S/C25H22N4O/c26-14-18-10-12-20(13-11-18)27-17-25(30)29-15-22(19-6-2-1-3-7-19)23-16-28-24-9-5-4-8-21(23)24/h1-13,16,22,27-28H,15,17H2,(H,29,30). The molecule has 1 heterocycles. The Balaban J connectivity index is 1.46. The molecule has 4 rings (SSSR count). The van der Waals surface area contributed by atoms with Gasteiger partial charge in [0.2, 0.25) is 5.91 Å². The van der Waals surface area contributed by atoms with E-state index in [1.807, 2.05) is 36.5 Å². The Morgan fingerprint density at radius 2 is 1.70 bits per heavy atom. The second kappa shape index (κ2) is 8.97. The van der Waals surface area contributed by atoms with Crippen molar-refractivity contribution in [3.05, 3.63) is 102 Å². The number of carbonyl (C=O) groups excluding carboxylic acids is 1. The maximum atomic E-state index is 12.5. The normalized spacial score (nSPS) is 11.6. The number of hydrogen-bond donors (Lipinski definition) is 3. The fourth-order valence-electron chi connectivity index (χ4n) is 3.60. The summed E-state index contributed by atoms with van der Waals surface area (Å²) in [7, 11) is 0. The molecule has 0 saturated heterocycles. The highest BCUT2D eigenvalue weighted by molar-refractivity contribution is 5.85. The van der Waals surface area contributed by atoms with Crippen molar-refractivity contribution in [2.24, 2.45) is 0 Å². The predicted molar refractivity (Wildman–Crippen MR) is 119 cm³/mol. The highest BCUT2D eigenvalue weighted by Crippen LogP contribution is 2.30. The van der Waals surface area contributed by atoms with E-state index in [4.69, 9.17) is 5.26 Å². The number of anilines is 1. The van der Waals surface area contributed by atoms with Gasteiger partial charge in [-0.05, 0) is 41.5 Å². The van der Waals surface area contributed by atoms with E-state index in [-0.39, 0.29) is 18.4 Å². The van der Waals surface area contributed by atoms with Crippen LogP contribution < -0.4 is 10.6 Å². The minimum absolute atomic E-state index is 0.0428. The largest absolute Gasteiger partial charge is 0.376 e. The lowest BCUT2D eigenvalue weighted by Crippen LogP contribution is -2.33. The minimum atomic E-state index is -0.0832. The molecule has 30 heavy (non-hydrogen) atoms. The number of nitriles is 1. The molecule has 0 radical (unpaired) electrons. The molecule has 1 aromatic heterocycles. The summed E-state index contributed by atoms with van der Waals surface area (Å²) in [6.45, 7) is 0.668. The average molecular weight is 394 g/mol. The molecule has 0 bridgehead atoms. The number of carbonyl (C=O) groups is 1. The van der Waals surface area contributed by atoms with Crippen molar-refractivity contribution in [3.8, 4) is 6.07 Å². The van der Waals surface area contributed by atoms with Crippen molar-refractivity contribution in [3.63, 3.8) is 0 Å². The highest BCUT2D eigenvalue weighted by Gasteiger charge is 2.18. The zero-order valence-corrected chi connectivity index (χ0v) is 16.4. The van der Waals surface area contributed by atoms with Crippen LogP contribution in [0.3, 0.4) is 0 Å². The summed E-state index contributed by atoms with van der Waals surface area (Å²) < 4.78 is 0. The lowest BCUT2D eigenvalue weighted by molar-refractivity contribution is -0.119. The van der Waals surface area contributed by atoms with Gasteiger partial charge in [0.15, 0.2) is 0 Å². The molecule has 5 nitrogen and oxygen atoms in total. The van der Waals surface area contributed by atoms with Gasteiger partial charge in [-0.1, -0.05) is 48.5 Å². The minimum Gasteiger partial charge on any atom is -0.376 e. The molecule has 148 valence electrons. The number of aromatic amines is 1. The van der Waals surface area contributed by atoms with Crippen molar-refractivity contribution in [1.29, 1.82) is 5.26 Å². The van der Waals surface area contributed by atoms with Gasteiger partial charge in [-0.2, -0.15) is 5.26 Å². The Morgan fingerprint density at radius 1 is 0.967 bits per heavy atom. The van der Waals surface area contributed by atoms with E-state index in [0.717, 1.165) is 27.7 Å². The maximum absolute atomic E-state index is 12.5. The van der Waals surface area contributed by atoms with Crippen LogP contribution in [0.15, 0.2) is 85.1 Å². The van der Waals surface area contributed by atoms with Crippen molar-refractivity contribution in [1.82, 2.24) is 10.3 Å². The maximum Gasteiger partial charge on any atom is 0.239 e. The van der Waals surface area contributed by atoms with Crippen LogP contribution >= 0.6 is 0 Å². The SMILES string of the molecule is N#Cc1ccc(NCC(=O)NCC(c2ccccc2)c2c[nH]c3ccccc23)cc1. The molecule has 0 saturated carbocycles. The van der Waals surface area contributed by atoms with E-state index in [9.17, 15) is 4.79 Å². The summed E-state index contributed by atoms with van der Waals surface area (Å²) in [6, 6.07) is 27.5. The third-order valence-corrected chi connectivity index (χ3v) is 5.17. The molecular formula is C25H22N4O. The van der Waals surface area contributed by atoms with Crippen LogP contribution in [0.5, 0.6) is 0 Å². The molecule has 3 aromatic carbocycles. The molecule has 0 spiro atoms. The van der Waals surface area contributed by atoms with E-state index in [2.05, 4.69) is 46.0 Å². The number of nitrogens with zero attached hydrogens (tertiary/aromatic N) is 1. The number of rotatable bonds is 7. The molecule has 0 aliphatic carbocycles. The third-order valence-electron chi connectivity index (χ3n) is 5.17. The summed E-state index contributed by atoms with van der Waals surface area (Å²) in [5.41, 5.74) is 4.80. The first-order chi connectivity index (χ1) is 14.7. The third kappa shape index (κ3) is 4.34. The first-order valence-electron chi connectivity index (χ1n) is 9.86. The van der Waals surface area contributed by atoms with Gasteiger partial charge in [-0.15, -0.1) is 0 Å². The zero-order valence-electron chi connectivity index (χ0n) is 16.4. The molecule has 5 heteroatoms. The van der Waals surface area contributed by atoms with Gasteiger partial charge in [0, 0.05) is 35.2 Å². The Kier molecular flexibility index (Phi) is 5.77. The molecule has 4 aromatic rings. The van der Waals surface area contributed by atoms with Crippen LogP contribution in [0.2, 0.25) is 0 Å². The number of aromatic nitrogens is 1. The van der Waals surface area contributed by atoms with Crippen LogP contribution in [0.4, 0.5) is 5.69 Å². The smallest absolute Gasteiger partial charge is 0.239 e. The summed E-state index contributed by atoms with van der Waals surface area (Å²) >= 11 is 0. The Morgan fingerprint density at radius 3 is 2.47 bits per heavy atom. The lowest BCUT2D eigenvalue weighted by Gasteiger charge is -2.18. The molecule has 3 N–H and O–H groups in total. The predicted octanol–water partition coefficient (Wildman–Crippen LogP) is 4.40. The van der Waals surface area contributed by atoms with Crippen LogP contribution in [-0.2, 0) is 4.79 Å². The van der Waals surface area contributed by atoms with E-state index in [1.54, 1.807) is 24.3 Å². The van der Waals surface area contributed by atoms with E-state index < -0.39 is 0 Å². The Hall–Kier alpha value is -4.04. The molecule has 0 fully saturated rings. The average Bonchev–Trinajstić information content (AvgIpc) is 3.23. The van der Waals surface area contributed by atoms with Gasteiger partial charge in [-0.25, -0.2) is 0 Å². The summed E-state index contributed by atoms with van der Waals surface area (Å²) in [5, 5.41) is 16.2. The zero-order chi connectivity index (χ0) is 20.8. The Labute approximate surface area is 175 Å².